The van der Waals surface area contributed by atoms with Crippen LogP contribution in [0.4, 0.5) is 0 Å². The topological polar surface area (TPSA) is 79.0 Å². The van der Waals surface area contributed by atoms with Gasteiger partial charge in [-0.1, -0.05) is 17.7 Å². The van der Waals surface area contributed by atoms with Crippen LogP contribution in [0.1, 0.15) is 10.4 Å². The van der Waals surface area contributed by atoms with Gasteiger partial charge >= 0.3 is 0 Å². The fourth-order valence-corrected chi connectivity index (χ4v) is 3.57. The van der Waals surface area contributed by atoms with Crippen molar-refractivity contribution in [2.45, 2.75) is 0 Å². The van der Waals surface area contributed by atoms with E-state index in [1.807, 2.05) is 0 Å². The summed E-state index contributed by atoms with van der Waals surface area (Å²) < 4.78 is 30.6. The summed E-state index contributed by atoms with van der Waals surface area (Å²) in [6.45, 7) is 4.48. The molecule has 1 amide bonds. The molecule has 2 rings (SSSR count). The molecule has 25 heavy (non-hydrogen) atoms. The molecule has 0 aromatic heterocycles. The van der Waals surface area contributed by atoms with Crippen molar-refractivity contribution in [1.82, 2.24) is 14.5 Å². The molecule has 1 heterocycles. The zero-order chi connectivity index (χ0) is 18.3. The molecule has 0 saturated carbocycles. The van der Waals surface area contributed by atoms with Crippen LogP contribution in [0.2, 0.25) is 5.02 Å². The molecule has 1 fully saturated rings. The lowest BCUT2D eigenvalue weighted by Crippen LogP contribution is -2.44. The van der Waals surface area contributed by atoms with Gasteiger partial charge in [-0.25, -0.2) is 8.42 Å². The Kier molecular flexibility index (Phi) is 7.64. The van der Waals surface area contributed by atoms with E-state index >= 15 is 0 Å². The minimum Gasteiger partial charge on any atom is -0.379 e. The average Bonchev–Trinajstić information content (AvgIpc) is 2.57. The first-order valence-electron chi connectivity index (χ1n) is 8.15. The Morgan fingerprint density at radius 2 is 2.04 bits per heavy atom. The summed E-state index contributed by atoms with van der Waals surface area (Å²) in [5.74, 6) is -0.274. The van der Waals surface area contributed by atoms with Gasteiger partial charge in [0.2, 0.25) is 10.0 Å². The number of benzene rings is 1. The summed E-state index contributed by atoms with van der Waals surface area (Å²) in [5, 5.41) is 3.21. The summed E-state index contributed by atoms with van der Waals surface area (Å²) in [6, 6.07) is 6.62. The van der Waals surface area contributed by atoms with Crippen LogP contribution in [0.15, 0.2) is 24.3 Å². The van der Waals surface area contributed by atoms with E-state index in [9.17, 15) is 13.2 Å². The van der Waals surface area contributed by atoms with E-state index in [1.165, 1.54) is 10.6 Å². The van der Waals surface area contributed by atoms with Crippen LogP contribution in [0, 0.1) is 0 Å². The summed E-state index contributed by atoms with van der Waals surface area (Å²) in [4.78, 5) is 14.2. The van der Waals surface area contributed by atoms with E-state index in [2.05, 4.69) is 10.2 Å². The lowest BCUT2D eigenvalue weighted by atomic mass is 10.2. The van der Waals surface area contributed by atoms with Crippen molar-refractivity contribution in [3.8, 4) is 0 Å². The van der Waals surface area contributed by atoms with Gasteiger partial charge in [0.15, 0.2) is 0 Å². The maximum Gasteiger partial charge on any atom is 0.251 e. The van der Waals surface area contributed by atoms with Crippen molar-refractivity contribution < 1.29 is 17.9 Å². The molecule has 0 atom stereocenters. The van der Waals surface area contributed by atoms with E-state index < -0.39 is 10.0 Å². The molecule has 0 radical (unpaired) electrons. The van der Waals surface area contributed by atoms with E-state index in [1.54, 1.807) is 24.3 Å². The Hall–Kier alpha value is -1.19. The van der Waals surface area contributed by atoms with E-state index in [4.69, 9.17) is 16.3 Å². The van der Waals surface area contributed by atoms with Crippen molar-refractivity contribution in [2.75, 3.05) is 58.7 Å². The predicted octanol–water partition coefficient (Wildman–Crippen LogP) is 0.664. The first kappa shape index (κ1) is 20.1. The Labute approximate surface area is 153 Å². The van der Waals surface area contributed by atoms with Gasteiger partial charge < -0.3 is 10.1 Å². The molecule has 9 heteroatoms. The number of carbonyl (C=O) groups excluding carboxylic acids is 1. The number of hydrogen-bond acceptors (Lipinski definition) is 5. The molecule has 1 aliphatic rings. The number of rotatable bonds is 8. The number of ether oxygens (including phenoxy) is 1. The predicted molar refractivity (Wildman–Crippen MR) is 97.5 cm³/mol. The van der Waals surface area contributed by atoms with Crippen molar-refractivity contribution in [2.24, 2.45) is 0 Å². The van der Waals surface area contributed by atoms with Gasteiger partial charge in [0.1, 0.15) is 0 Å². The van der Waals surface area contributed by atoms with Crippen LogP contribution in [-0.2, 0) is 14.8 Å². The second-order valence-electron chi connectivity index (χ2n) is 5.88. The third-order valence-electron chi connectivity index (χ3n) is 3.97. The van der Waals surface area contributed by atoms with E-state index in [-0.39, 0.29) is 19.0 Å². The third kappa shape index (κ3) is 6.91. The molecule has 1 saturated heterocycles. The normalized spacial score (nSPS) is 16.1. The van der Waals surface area contributed by atoms with Crippen molar-refractivity contribution in [1.29, 1.82) is 0 Å². The molecule has 0 bridgehead atoms. The zero-order valence-electron chi connectivity index (χ0n) is 14.3. The minimum absolute atomic E-state index is 0.232. The van der Waals surface area contributed by atoms with Crippen LogP contribution in [0.25, 0.3) is 0 Å². The number of hydrogen-bond donors (Lipinski definition) is 1. The van der Waals surface area contributed by atoms with Gasteiger partial charge in [-0.05, 0) is 18.2 Å². The Balaban J connectivity index is 1.82. The van der Waals surface area contributed by atoms with Crippen LogP contribution >= 0.6 is 11.6 Å². The molecule has 1 N–H and O–H groups in total. The quantitative estimate of drug-likeness (QED) is 0.706. The molecular formula is C16H24ClN3O4S. The van der Waals surface area contributed by atoms with Gasteiger partial charge in [-0.15, -0.1) is 0 Å². The molecule has 7 nitrogen and oxygen atoms in total. The lowest BCUT2D eigenvalue weighted by Gasteiger charge is -2.29. The number of morpholine rings is 1. The fourth-order valence-electron chi connectivity index (χ4n) is 2.55. The fraction of sp³-hybridized carbons (Fsp3) is 0.562. The van der Waals surface area contributed by atoms with Crippen LogP contribution in [0.3, 0.4) is 0 Å². The first-order valence-corrected chi connectivity index (χ1v) is 10.4. The highest BCUT2D eigenvalue weighted by molar-refractivity contribution is 7.88. The monoisotopic (exact) mass is 389 g/mol. The van der Waals surface area contributed by atoms with Gasteiger partial charge in [-0.3, -0.25) is 9.69 Å². The molecule has 0 spiro atoms. The number of nitrogens with zero attached hydrogens (tertiary/aromatic N) is 2. The Bertz CT molecular complexity index is 678. The van der Waals surface area contributed by atoms with Gasteiger partial charge in [0.05, 0.1) is 19.5 Å². The largest absolute Gasteiger partial charge is 0.379 e. The highest BCUT2D eigenvalue weighted by atomic mass is 35.5. The highest BCUT2D eigenvalue weighted by Crippen LogP contribution is 2.10. The third-order valence-corrected chi connectivity index (χ3v) is 5.51. The molecule has 140 valence electrons. The number of nitrogens with one attached hydrogen (secondary N) is 1. The molecular weight excluding hydrogens is 366 g/mol. The van der Waals surface area contributed by atoms with Crippen molar-refractivity contribution in [3.63, 3.8) is 0 Å². The number of carbonyl (C=O) groups is 1. The van der Waals surface area contributed by atoms with Crippen molar-refractivity contribution in [3.05, 3.63) is 34.9 Å². The number of halogens is 1. The van der Waals surface area contributed by atoms with Gasteiger partial charge in [0.25, 0.3) is 5.91 Å². The van der Waals surface area contributed by atoms with Crippen LogP contribution < -0.4 is 5.32 Å². The summed E-state index contributed by atoms with van der Waals surface area (Å²) in [6.07, 6.45) is 1.19. The average molecular weight is 390 g/mol. The minimum atomic E-state index is -3.33. The standard InChI is InChI=1S/C16H24ClN3O4S/c1-25(22,23)20(8-7-19-9-11-24-12-10-19)6-5-18-16(21)14-3-2-4-15(17)13-14/h2-4,13H,5-12H2,1H3,(H,18,21). The smallest absolute Gasteiger partial charge is 0.251 e. The summed E-state index contributed by atoms with van der Waals surface area (Å²) >= 11 is 5.87. The maximum atomic E-state index is 12.1. The molecule has 0 unspecified atom stereocenters. The molecule has 1 aliphatic heterocycles. The van der Waals surface area contributed by atoms with Gasteiger partial charge in [0, 0.05) is 49.9 Å². The Morgan fingerprint density at radius 3 is 2.68 bits per heavy atom. The second kappa shape index (κ2) is 9.49. The first-order chi connectivity index (χ1) is 11.9. The van der Waals surface area contributed by atoms with Crippen LogP contribution in [0.5, 0.6) is 0 Å². The maximum absolute atomic E-state index is 12.1. The Morgan fingerprint density at radius 1 is 1.32 bits per heavy atom. The molecule has 1 aromatic rings. The van der Waals surface area contributed by atoms with E-state index in [0.717, 1.165) is 13.1 Å². The van der Waals surface area contributed by atoms with E-state index in [0.29, 0.717) is 36.9 Å². The summed E-state index contributed by atoms with van der Waals surface area (Å²) in [5.41, 5.74) is 0.451. The molecule has 0 aliphatic carbocycles. The lowest BCUT2D eigenvalue weighted by molar-refractivity contribution is 0.0363. The zero-order valence-corrected chi connectivity index (χ0v) is 15.9. The van der Waals surface area contributed by atoms with Gasteiger partial charge in [-0.2, -0.15) is 4.31 Å². The second-order valence-corrected chi connectivity index (χ2v) is 8.30. The number of sulfonamides is 1. The van der Waals surface area contributed by atoms with Crippen LogP contribution in [-0.4, -0.2) is 82.3 Å². The van der Waals surface area contributed by atoms with Crippen molar-refractivity contribution >= 4 is 27.5 Å². The molecule has 1 aromatic carbocycles. The SMILES string of the molecule is CS(=O)(=O)N(CCNC(=O)c1cccc(Cl)c1)CCN1CCOCC1. The summed E-state index contributed by atoms with van der Waals surface area (Å²) in [7, 11) is -3.33. The number of amides is 1. The highest BCUT2D eigenvalue weighted by Gasteiger charge is 2.19.